The van der Waals surface area contributed by atoms with Crippen molar-refractivity contribution in [1.29, 1.82) is 0 Å². The average Bonchev–Trinajstić information content (AvgIpc) is 2.53. The molecule has 0 aliphatic carbocycles. The molecule has 0 saturated carbocycles. The van der Waals surface area contributed by atoms with Crippen LogP contribution >= 0.6 is 38.9 Å². The standard InChI is InChI=1S/C9H13BrClNOS2/c1-2-15(13)4-3-12-6-7-5-8(10)9(11)14-7/h5,12H,2-4,6H2,1H3. The second kappa shape index (κ2) is 7.01. The first-order valence-electron chi connectivity index (χ1n) is 4.63. The van der Waals surface area contributed by atoms with E-state index in [0.717, 1.165) is 33.4 Å². The second-order valence-electron chi connectivity index (χ2n) is 2.94. The molecule has 0 spiro atoms. The Balaban J connectivity index is 2.23. The van der Waals surface area contributed by atoms with Crippen molar-refractivity contribution < 1.29 is 4.21 Å². The van der Waals surface area contributed by atoms with Crippen molar-refractivity contribution in [1.82, 2.24) is 5.32 Å². The van der Waals surface area contributed by atoms with Gasteiger partial charge in [0.25, 0.3) is 0 Å². The largest absolute Gasteiger partial charge is 0.311 e. The molecular weight excluding hydrogens is 318 g/mol. The summed E-state index contributed by atoms with van der Waals surface area (Å²) in [5, 5.41) is 3.25. The summed E-state index contributed by atoms with van der Waals surface area (Å²) >= 11 is 10.8. The van der Waals surface area contributed by atoms with E-state index < -0.39 is 10.8 Å². The molecule has 1 aromatic rings. The molecule has 0 saturated heterocycles. The van der Waals surface area contributed by atoms with E-state index in [1.807, 2.05) is 13.0 Å². The SMILES string of the molecule is CCS(=O)CCNCc1cc(Br)c(Cl)s1. The summed E-state index contributed by atoms with van der Waals surface area (Å²) in [6.07, 6.45) is 0. The summed E-state index contributed by atoms with van der Waals surface area (Å²) < 4.78 is 12.9. The molecule has 0 bridgehead atoms. The van der Waals surface area contributed by atoms with Crippen LogP contribution in [0, 0.1) is 0 Å². The molecule has 1 N–H and O–H groups in total. The summed E-state index contributed by atoms with van der Waals surface area (Å²) in [6, 6.07) is 2.01. The lowest BCUT2D eigenvalue weighted by Gasteiger charge is -2.01. The van der Waals surface area contributed by atoms with Gasteiger partial charge in [0.15, 0.2) is 0 Å². The molecule has 1 atom stereocenters. The zero-order valence-corrected chi connectivity index (χ0v) is 12.4. The topological polar surface area (TPSA) is 29.1 Å². The zero-order valence-electron chi connectivity index (χ0n) is 8.39. The molecule has 15 heavy (non-hydrogen) atoms. The van der Waals surface area contributed by atoms with Crippen molar-refractivity contribution in [2.45, 2.75) is 13.5 Å². The third kappa shape index (κ3) is 4.95. The van der Waals surface area contributed by atoms with Crippen LogP contribution in [-0.4, -0.2) is 22.3 Å². The van der Waals surface area contributed by atoms with E-state index in [-0.39, 0.29) is 0 Å². The van der Waals surface area contributed by atoms with Crippen molar-refractivity contribution in [2.75, 3.05) is 18.1 Å². The van der Waals surface area contributed by atoms with Gasteiger partial charge < -0.3 is 5.32 Å². The smallest absolute Gasteiger partial charge is 0.107 e. The Morgan fingerprint density at radius 3 is 2.93 bits per heavy atom. The van der Waals surface area contributed by atoms with E-state index in [1.165, 1.54) is 4.88 Å². The van der Waals surface area contributed by atoms with E-state index in [2.05, 4.69) is 21.2 Å². The van der Waals surface area contributed by atoms with Crippen LogP contribution < -0.4 is 5.32 Å². The Hall–Kier alpha value is 0.580. The van der Waals surface area contributed by atoms with Crippen molar-refractivity contribution in [2.24, 2.45) is 0 Å². The van der Waals surface area contributed by atoms with Crippen molar-refractivity contribution in [3.8, 4) is 0 Å². The maximum atomic E-state index is 11.1. The van der Waals surface area contributed by atoms with Gasteiger partial charge >= 0.3 is 0 Å². The molecule has 0 aromatic carbocycles. The fraction of sp³-hybridized carbons (Fsp3) is 0.556. The third-order valence-corrected chi connectivity index (χ3v) is 5.60. The van der Waals surface area contributed by atoms with Crippen LogP contribution in [0.5, 0.6) is 0 Å². The fourth-order valence-electron chi connectivity index (χ4n) is 1.02. The van der Waals surface area contributed by atoms with Gasteiger partial charge in [0.1, 0.15) is 4.34 Å². The summed E-state index contributed by atoms with van der Waals surface area (Å²) in [6.45, 7) is 3.51. The van der Waals surface area contributed by atoms with Crippen molar-refractivity contribution in [3.05, 3.63) is 19.8 Å². The van der Waals surface area contributed by atoms with Crippen LogP contribution in [-0.2, 0) is 17.3 Å². The van der Waals surface area contributed by atoms with Gasteiger partial charge in [0, 0.05) is 44.7 Å². The molecule has 1 aromatic heterocycles. The Morgan fingerprint density at radius 1 is 1.67 bits per heavy atom. The lowest BCUT2D eigenvalue weighted by molar-refractivity contribution is 0.675. The van der Waals surface area contributed by atoms with Crippen LogP contribution in [0.2, 0.25) is 4.34 Å². The zero-order chi connectivity index (χ0) is 11.3. The van der Waals surface area contributed by atoms with Gasteiger partial charge in [-0.2, -0.15) is 0 Å². The molecule has 0 radical (unpaired) electrons. The van der Waals surface area contributed by atoms with Gasteiger partial charge in [-0.05, 0) is 22.0 Å². The maximum absolute atomic E-state index is 11.1. The quantitative estimate of drug-likeness (QED) is 0.812. The molecule has 86 valence electrons. The van der Waals surface area contributed by atoms with E-state index >= 15 is 0 Å². The minimum Gasteiger partial charge on any atom is -0.311 e. The highest BCUT2D eigenvalue weighted by Gasteiger charge is 2.03. The predicted molar refractivity (Wildman–Crippen MR) is 72.3 cm³/mol. The molecule has 6 heteroatoms. The molecule has 0 fully saturated rings. The normalized spacial score (nSPS) is 13.0. The number of hydrogen-bond acceptors (Lipinski definition) is 3. The lowest BCUT2D eigenvalue weighted by Crippen LogP contribution is -2.20. The summed E-state index contributed by atoms with van der Waals surface area (Å²) in [7, 11) is -0.678. The first-order valence-corrected chi connectivity index (χ1v) is 8.10. The Bertz CT molecular complexity index is 323. The lowest BCUT2D eigenvalue weighted by atomic mass is 10.4. The third-order valence-electron chi connectivity index (χ3n) is 1.82. The molecule has 1 heterocycles. The summed E-state index contributed by atoms with van der Waals surface area (Å²) in [5.41, 5.74) is 0. The molecule has 0 aliphatic heterocycles. The molecule has 1 unspecified atom stereocenters. The Morgan fingerprint density at radius 2 is 2.40 bits per heavy atom. The first-order chi connectivity index (χ1) is 7.13. The number of thiophene rings is 1. The molecule has 2 nitrogen and oxygen atoms in total. The minimum atomic E-state index is -0.678. The van der Waals surface area contributed by atoms with E-state index in [4.69, 9.17) is 11.6 Å². The van der Waals surface area contributed by atoms with Crippen LogP contribution in [0.15, 0.2) is 10.5 Å². The first kappa shape index (κ1) is 13.6. The van der Waals surface area contributed by atoms with Gasteiger partial charge in [0.05, 0.1) is 0 Å². The van der Waals surface area contributed by atoms with Gasteiger partial charge in [0.2, 0.25) is 0 Å². The monoisotopic (exact) mass is 329 g/mol. The van der Waals surface area contributed by atoms with E-state index in [1.54, 1.807) is 11.3 Å². The van der Waals surface area contributed by atoms with Gasteiger partial charge in [-0.15, -0.1) is 11.3 Å². The van der Waals surface area contributed by atoms with Crippen LogP contribution in [0.4, 0.5) is 0 Å². The number of nitrogens with one attached hydrogen (secondary N) is 1. The van der Waals surface area contributed by atoms with Gasteiger partial charge in [-0.3, -0.25) is 4.21 Å². The fourth-order valence-corrected chi connectivity index (χ4v) is 3.44. The van der Waals surface area contributed by atoms with Gasteiger partial charge in [-0.1, -0.05) is 18.5 Å². The highest BCUT2D eigenvalue weighted by atomic mass is 79.9. The number of hydrogen-bond donors (Lipinski definition) is 1. The highest BCUT2D eigenvalue weighted by molar-refractivity contribution is 9.10. The number of rotatable bonds is 6. The van der Waals surface area contributed by atoms with Crippen molar-refractivity contribution >= 4 is 49.7 Å². The van der Waals surface area contributed by atoms with Crippen LogP contribution in [0.3, 0.4) is 0 Å². The van der Waals surface area contributed by atoms with E-state index in [9.17, 15) is 4.21 Å². The van der Waals surface area contributed by atoms with Crippen LogP contribution in [0.25, 0.3) is 0 Å². The summed E-state index contributed by atoms with van der Waals surface area (Å²) in [5.74, 6) is 1.45. The van der Waals surface area contributed by atoms with Crippen molar-refractivity contribution in [3.63, 3.8) is 0 Å². The molecular formula is C9H13BrClNOS2. The Kier molecular flexibility index (Phi) is 6.38. The van der Waals surface area contributed by atoms with E-state index in [0.29, 0.717) is 0 Å². The van der Waals surface area contributed by atoms with Crippen LogP contribution in [0.1, 0.15) is 11.8 Å². The highest BCUT2D eigenvalue weighted by Crippen LogP contribution is 2.31. The molecule has 1 rings (SSSR count). The summed E-state index contributed by atoms with van der Waals surface area (Å²) in [4.78, 5) is 1.19. The minimum absolute atomic E-state index is 0.678. The predicted octanol–water partition coefficient (Wildman–Crippen LogP) is 3.02. The maximum Gasteiger partial charge on any atom is 0.107 e. The Labute approximate surface area is 110 Å². The molecule has 0 aliphatic rings. The average molecular weight is 331 g/mol. The second-order valence-corrected chi connectivity index (χ2v) is 7.40. The number of halogens is 2. The molecule has 0 amide bonds. The van der Waals surface area contributed by atoms with Gasteiger partial charge in [-0.25, -0.2) is 0 Å².